The van der Waals surface area contributed by atoms with Crippen molar-refractivity contribution >= 4 is 10.9 Å². The summed E-state index contributed by atoms with van der Waals surface area (Å²) in [5.41, 5.74) is 0.645. The molecule has 1 heterocycles. The maximum Gasteiger partial charge on any atom is 0.258 e. The largest absolute Gasteiger partial charge is 0.344 e. The van der Waals surface area contributed by atoms with Crippen molar-refractivity contribution < 1.29 is 84.3 Å². The number of fused-ring (bicyclic) bond motifs is 1. The molecule has 7 heteroatoms. The summed E-state index contributed by atoms with van der Waals surface area (Å²) >= 11 is 0. The molecular weight excluding hydrogens is 911 g/mol. The third kappa shape index (κ3) is 9.09. The van der Waals surface area contributed by atoms with Gasteiger partial charge in [0.05, 0.1) is 17.2 Å². The molecule has 0 unspecified atom stereocenters. The molecule has 2 rings (SSSR count). The van der Waals surface area contributed by atoms with Crippen molar-refractivity contribution in [2.24, 2.45) is 0 Å². The molecule has 0 fully saturated rings. The van der Waals surface area contributed by atoms with Gasteiger partial charge in [-0.1, -0.05) is 19.1 Å². The number of nitrogens with one attached hydrogen (secondary N) is 1. The molecule has 0 bridgehead atoms. The summed E-state index contributed by atoms with van der Waals surface area (Å²) in [6.07, 6.45) is 2.41. The van der Waals surface area contributed by atoms with Gasteiger partial charge in [0, 0.05) is 84.3 Å². The minimum absolute atomic E-state index is 0. The van der Waals surface area contributed by atoms with Crippen LogP contribution in [0.1, 0.15) is 13.3 Å². The van der Waals surface area contributed by atoms with Crippen molar-refractivity contribution in [2.75, 3.05) is 0 Å². The van der Waals surface area contributed by atoms with Gasteiger partial charge in [-0.25, -0.2) is 4.98 Å². The molecule has 0 aliphatic rings. The number of aromatic nitrogens is 2. The van der Waals surface area contributed by atoms with Crippen LogP contribution in [0.2, 0.25) is 0 Å². The first-order valence-corrected chi connectivity index (χ1v) is 4.51. The van der Waals surface area contributed by atoms with Crippen LogP contribution in [0.25, 0.3) is 10.9 Å². The Morgan fingerprint density at radius 1 is 1.17 bits per heavy atom. The second kappa shape index (κ2) is 16.2. The van der Waals surface area contributed by atoms with Gasteiger partial charge in [-0.05, 0) is 12.1 Å². The first-order chi connectivity index (χ1) is 6.79. The van der Waals surface area contributed by atoms with Crippen molar-refractivity contribution in [3.8, 4) is 0 Å². The molecule has 0 aliphatic carbocycles. The second-order valence-electron chi connectivity index (χ2n) is 2.75. The Morgan fingerprint density at radius 3 is 2.17 bits per heavy atom. The third-order valence-electron chi connectivity index (χ3n) is 1.55. The summed E-state index contributed by atoms with van der Waals surface area (Å²) in [6.45, 7) is 5.50. The summed E-state index contributed by atoms with van der Waals surface area (Å²) in [7, 11) is 0. The molecule has 98 valence electrons. The van der Waals surface area contributed by atoms with Gasteiger partial charge in [-0.3, -0.25) is 4.79 Å². The Labute approximate surface area is 164 Å². The van der Waals surface area contributed by atoms with Crippen LogP contribution >= 0.6 is 0 Å². The predicted molar refractivity (Wildman–Crippen MR) is 58.0 cm³/mol. The zero-order valence-electron chi connectivity index (χ0n) is 9.79. The van der Waals surface area contributed by atoms with Crippen LogP contribution in [-0.4, -0.2) is 9.97 Å². The van der Waals surface area contributed by atoms with Crippen LogP contribution in [-0.2, 0) is 84.3 Å². The third-order valence-corrected chi connectivity index (χ3v) is 1.55. The average Bonchev–Trinajstić information content (AvgIpc) is 2.20. The van der Waals surface area contributed by atoms with Crippen molar-refractivity contribution in [2.45, 2.75) is 13.3 Å². The number of hydrogen-bond acceptors (Lipinski definition) is 2. The van der Waals surface area contributed by atoms with Gasteiger partial charge >= 0.3 is 0 Å². The number of para-hydroxylation sites is 1. The molecular formula is C11H13N2OW4-. The minimum atomic E-state index is -0.0874. The van der Waals surface area contributed by atoms with Crippen molar-refractivity contribution in [1.82, 2.24) is 9.97 Å². The number of benzene rings is 1. The Hall–Kier alpha value is 1.11. The van der Waals surface area contributed by atoms with Gasteiger partial charge in [-0.15, -0.1) is 0 Å². The second-order valence-corrected chi connectivity index (χ2v) is 2.75. The predicted octanol–water partition coefficient (Wildman–Crippen LogP) is 2.14. The van der Waals surface area contributed by atoms with E-state index in [1.54, 1.807) is 6.07 Å². The monoisotopic (exact) mass is 925 g/mol. The average molecular weight is 925 g/mol. The first kappa shape index (κ1) is 27.5. The van der Waals surface area contributed by atoms with Crippen molar-refractivity contribution in [3.63, 3.8) is 0 Å². The van der Waals surface area contributed by atoms with E-state index in [0.29, 0.717) is 5.39 Å². The standard InChI is InChI=1S/C8H6N2O.C3H7.4W/c11-8-6-3-1-2-4-7(6)9-5-10-8;1-3-2;;;;/h1-5H,(H,9,10,11);1,3H2,2H3;;;;/q;-1;;;;. The molecule has 0 spiro atoms. The van der Waals surface area contributed by atoms with E-state index in [0.717, 1.165) is 11.9 Å². The molecule has 18 heavy (non-hydrogen) atoms. The number of hydrogen-bond donors (Lipinski definition) is 1. The van der Waals surface area contributed by atoms with E-state index in [2.05, 4.69) is 16.9 Å². The smallest absolute Gasteiger partial charge is 0.258 e. The molecule has 0 aliphatic heterocycles. The van der Waals surface area contributed by atoms with E-state index in [1.165, 1.54) is 6.33 Å². The van der Waals surface area contributed by atoms with Crippen molar-refractivity contribution in [1.29, 1.82) is 0 Å². The maximum absolute atomic E-state index is 11.1. The summed E-state index contributed by atoms with van der Waals surface area (Å²) < 4.78 is 0. The topological polar surface area (TPSA) is 45.8 Å². The van der Waals surface area contributed by atoms with Crippen LogP contribution in [0, 0.1) is 6.92 Å². The van der Waals surface area contributed by atoms with E-state index in [9.17, 15) is 4.79 Å². The van der Waals surface area contributed by atoms with Gasteiger partial charge < -0.3 is 11.9 Å². The Bertz CT molecular complexity index is 456. The van der Waals surface area contributed by atoms with E-state index >= 15 is 0 Å². The number of nitrogens with zero attached hydrogens (tertiary/aromatic N) is 1. The SMILES string of the molecule is O=c1[nH]cnc2ccccc12.[CH2-]CC.[W].[W].[W].[W]. The fourth-order valence-electron chi connectivity index (χ4n) is 1.02. The van der Waals surface area contributed by atoms with E-state index in [-0.39, 0.29) is 89.8 Å². The molecule has 0 amide bonds. The quantitative estimate of drug-likeness (QED) is 0.413. The first-order valence-electron chi connectivity index (χ1n) is 4.51. The molecule has 0 saturated heterocycles. The number of aromatic amines is 1. The van der Waals surface area contributed by atoms with Gasteiger partial charge in [-0.2, -0.15) is 6.42 Å². The Kier molecular flexibility index (Phi) is 24.7. The fourth-order valence-corrected chi connectivity index (χ4v) is 1.02. The molecule has 1 aromatic carbocycles. The summed E-state index contributed by atoms with van der Waals surface area (Å²) in [5, 5.41) is 0.634. The molecule has 2 aromatic rings. The molecule has 1 N–H and O–H groups in total. The zero-order valence-corrected chi connectivity index (χ0v) is 21.5. The zero-order chi connectivity index (χ0) is 10.4. The van der Waals surface area contributed by atoms with Gasteiger partial charge in [0.25, 0.3) is 5.56 Å². The summed E-state index contributed by atoms with van der Waals surface area (Å²) in [6, 6.07) is 7.24. The normalized spacial score (nSPS) is 7.22. The minimum Gasteiger partial charge on any atom is -0.344 e. The summed E-state index contributed by atoms with van der Waals surface area (Å²) in [4.78, 5) is 17.6. The van der Waals surface area contributed by atoms with Crippen LogP contribution in [0.5, 0.6) is 0 Å². The Balaban J connectivity index is -0.000000129. The Morgan fingerprint density at radius 2 is 1.67 bits per heavy atom. The van der Waals surface area contributed by atoms with E-state index in [4.69, 9.17) is 0 Å². The number of H-pyrrole nitrogens is 1. The van der Waals surface area contributed by atoms with Crippen LogP contribution in [0.15, 0.2) is 35.4 Å². The van der Waals surface area contributed by atoms with Crippen LogP contribution < -0.4 is 5.56 Å². The molecule has 1 aromatic heterocycles. The van der Waals surface area contributed by atoms with Crippen molar-refractivity contribution in [3.05, 3.63) is 47.9 Å². The summed E-state index contributed by atoms with van der Waals surface area (Å²) in [5.74, 6) is 0. The van der Waals surface area contributed by atoms with Gasteiger partial charge in [0.1, 0.15) is 0 Å². The molecule has 0 radical (unpaired) electrons. The maximum atomic E-state index is 11.1. The number of rotatable bonds is 0. The van der Waals surface area contributed by atoms with Crippen LogP contribution in [0.3, 0.4) is 0 Å². The molecule has 0 saturated carbocycles. The van der Waals surface area contributed by atoms with Gasteiger partial charge in [0.15, 0.2) is 0 Å². The molecule has 0 atom stereocenters. The van der Waals surface area contributed by atoms with Crippen LogP contribution in [0.4, 0.5) is 0 Å². The van der Waals surface area contributed by atoms with E-state index < -0.39 is 0 Å². The van der Waals surface area contributed by atoms with Gasteiger partial charge in [0.2, 0.25) is 0 Å². The fraction of sp³-hybridized carbons (Fsp3) is 0.182. The molecule has 3 nitrogen and oxygen atoms in total. The van der Waals surface area contributed by atoms with E-state index in [1.807, 2.05) is 25.1 Å².